The monoisotopic (exact) mass is 580 g/mol. The normalized spacial score (nSPS) is 10.3. The molecule has 0 saturated carbocycles. The minimum atomic E-state index is 0. The van der Waals surface area contributed by atoms with Crippen molar-refractivity contribution in [1.29, 1.82) is 0 Å². The van der Waals surface area contributed by atoms with Crippen LogP contribution in [0.4, 0.5) is 0 Å². The molecule has 0 atom stereocenters. The third-order valence-electron chi connectivity index (χ3n) is 5.74. The van der Waals surface area contributed by atoms with Gasteiger partial charge in [0.25, 0.3) is 0 Å². The second-order valence-electron chi connectivity index (χ2n) is 7.76. The predicted molar refractivity (Wildman–Crippen MR) is 157 cm³/mol. The Hall–Kier alpha value is -2.50. The molecule has 1 aliphatic rings. The molecule has 177 valence electrons. The number of fused-ring (bicyclic) bond motifs is 6. The molecule has 6 aromatic carbocycles. The van der Waals surface area contributed by atoms with Crippen molar-refractivity contribution in [2.75, 3.05) is 0 Å². The molecular formula is C32H25BCl2Zr-3. The van der Waals surface area contributed by atoms with Crippen LogP contribution in [0.2, 0.25) is 0 Å². The van der Waals surface area contributed by atoms with Gasteiger partial charge in [-0.05, 0) is 16.2 Å². The summed E-state index contributed by atoms with van der Waals surface area (Å²) in [5, 5.41) is 8.08. The van der Waals surface area contributed by atoms with Gasteiger partial charge >= 0.3 is 28.9 Å². The van der Waals surface area contributed by atoms with Crippen LogP contribution in [-0.2, 0) is 30.4 Å². The SMILES string of the molecule is Cl.Cl.[B]=[Zr].[C-]1=CCc2c1ccc1ccc3ccccc3c21.[c-]1ccccc1.c1ccc2[cH-]ccc2c1. The molecule has 0 fully saturated rings. The molecule has 36 heavy (non-hydrogen) atoms. The van der Waals surface area contributed by atoms with E-state index in [-0.39, 0.29) is 24.8 Å². The van der Waals surface area contributed by atoms with E-state index in [1.807, 2.05) is 30.3 Å². The van der Waals surface area contributed by atoms with E-state index in [9.17, 15) is 0 Å². The molecule has 0 bridgehead atoms. The Labute approximate surface area is 241 Å². The molecule has 1 aliphatic carbocycles. The van der Waals surface area contributed by atoms with Crippen LogP contribution in [0, 0.1) is 12.1 Å². The first-order valence-corrected chi connectivity index (χ1v) is 12.6. The first-order chi connectivity index (χ1) is 16.9. The fourth-order valence-corrected chi connectivity index (χ4v) is 4.19. The standard InChI is InChI=1S/C17H11.C9H7.C6H5.B.2ClH.Zr/c1-2-6-15-12(4-1)8-10-14-11-9-13-5-3-7-16(13)17(14)15;1-2-5-9-7-3-6-8(9)4-1;1-2-4-6-5-3-1;;;;/h1-4,6,8-11H,7H2;1-7H;1-5H;;2*1H;/q3*-1;;;;. The summed E-state index contributed by atoms with van der Waals surface area (Å²) in [4.78, 5) is 4.59. The van der Waals surface area contributed by atoms with Crippen molar-refractivity contribution in [2.45, 2.75) is 6.42 Å². The molecule has 7 rings (SSSR count). The third kappa shape index (κ3) is 7.27. The molecule has 0 aromatic heterocycles. The van der Waals surface area contributed by atoms with Gasteiger partial charge < -0.3 is 0 Å². The van der Waals surface area contributed by atoms with Gasteiger partial charge in [-0.25, -0.2) is 0 Å². The summed E-state index contributed by atoms with van der Waals surface area (Å²) in [5.74, 6) is 0. The molecule has 0 spiro atoms. The summed E-state index contributed by atoms with van der Waals surface area (Å²) in [6.07, 6.45) is 6.48. The Balaban J connectivity index is 0.000000204. The Morgan fingerprint density at radius 2 is 1.33 bits per heavy atom. The number of halogens is 2. The molecule has 1 radical (unpaired) electrons. The van der Waals surface area contributed by atoms with Gasteiger partial charge in [0.15, 0.2) is 0 Å². The van der Waals surface area contributed by atoms with Gasteiger partial charge in [0.05, 0.1) is 0 Å². The fourth-order valence-electron chi connectivity index (χ4n) is 4.19. The summed E-state index contributed by atoms with van der Waals surface area (Å²) in [5.41, 5.74) is 2.69. The minimum absolute atomic E-state index is 0. The average Bonchev–Trinajstić information content (AvgIpc) is 3.61. The van der Waals surface area contributed by atoms with Crippen molar-refractivity contribution in [3.63, 3.8) is 0 Å². The van der Waals surface area contributed by atoms with Gasteiger partial charge in [-0.2, -0.15) is 77.7 Å². The van der Waals surface area contributed by atoms with Crippen molar-refractivity contribution in [3.8, 4) is 0 Å². The zero-order chi connectivity index (χ0) is 23.6. The third-order valence-corrected chi connectivity index (χ3v) is 5.74. The molecule has 4 heteroatoms. The van der Waals surface area contributed by atoms with Gasteiger partial charge in [-0.15, -0.1) is 66.1 Å². The van der Waals surface area contributed by atoms with Crippen LogP contribution < -0.4 is 0 Å². The number of benzene rings is 5. The maximum atomic E-state index is 4.59. The van der Waals surface area contributed by atoms with E-state index in [4.69, 9.17) is 0 Å². The molecule has 0 N–H and O–H groups in total. The quantitative estimate of drug-likeness (QED) is 0.0955. The summed E-state index contributed by atoms with van der Waals surface area (Å²) >= 11 is 1.05. The summed E-state index contributed by atoms with van der Waals surface area (Å²) in [6.45, 7) is 0. The smallest absolute Gasteiger partial charge is 0.0188 e. The fraction of sp³-hybridized carbons (Fsp3) is 0.0312. The van der Waals surface area contributed by atoms with E-state index in [0.717, 1.165) is 30.4 Å². The van der Waals surface area contributed by atoms with Crippen LogP contribution in [0.1, 0.15) is 11.1 Å². The second-order valence-corrected chi connectivity index (χ2v) is 7.76. The van der Waals surface area contributed by atoms with Gasteiger partial charge in [0.1, 0.15) is 0 Å². The average molecular weight is 582 g/mol. The van der Waals surface area contributed by atoms with Crippen LogP contribution in [0.25, 0.3) is 32.3 Å². The van der Waals surface area contributed by atoms with Crippen molar-refractivity contribution < 1.29 is 24.0 Å². The van der Waals surface area contributed by atoms with E-state index < -0.39 is 0 Å². The zero-order valence-electron chi connectivity index (χ0n) is 19.7. The Morgan fingerprint density at radius 1 is 0.667 bits per heavy atom. The zero-order valence-corrected chi connectivity index (χ0v) is 23.8. The van der Waals surface area contributed by atoms with Gasteiger partial charge in [0, 0.05) is 0 Å². The van der Waals surface area contributed by atoms with Crippen LogP contribution in [-0.4, -0.2) is 4.94 Å². The van der Waals surface area contributed by atoms with Crippen molar-refractivity contribution in [3.05, 3.63) is 151 Å². The molecule has 0 heterocycles. The summed E-state index contributed by atoms with van der Waals surface area (Å²) < 4.78 is 0. The Bertz CT molecular complexity index is 1470. The predicted octanol–water partition coefficient (Wildman–Crippen LogP) is 8.76. The van der Waals surface area contributed by atoms with Gasteiger partial charge in [-0.1, -0.05) is 54.3 Å². The number of rotatable bonds is 0. The van der Waals surface area contributed by atoms with Crippen molar-refractivity contribution >= 4 is 62.1 Å². The first-order valence-electron chi connectivity index (χ1n) is 11.2. The second kappa shape index (κ2) is 15.6. The molecule has 0 aliphatic heterocycles. The molecule has 0 unspecified atom stereocenters. The number of hydrogen-bond donors (Lipinski definition) is 0. The Kier molecular flexibility index (Phi) is 12.9. The topological polar surface area (TPSA) is 0 Å². The summed E-state index contributed by atoms with van der Waals surface area (Å²) in [6, 6.07) is 44.6. The van der Waals surface area contributed by atoms with Gasteiger partial charge in [0.2, 0.25) is 0 Å². The van der Waals surface area contributed by atoms with E-state index in [1.54, 1.807) is 0 Å². The minimum Gasteiger partial charge on any atom is -0.189 e. The van der Waals surface area contributed by atoms with Crippen LogP contribution in [0.5, 0.6) is 0 Å². The molecule has 0 nitrogen and oxygen atoms in total. The van der Waals surface area contributed by atoms with E-state index in [1.165, 1.54) is 43.4 Å². The molecular weight excluding hydrogens is 557 g/mol. The largest absolute Gasteiger partial charge is 0.189 e. The first kappa shape index (κ1) is 29.7. The van der Waals surface area contributed by atoms with E-state index in [0.29, 0.717) is 0 Å². The number of allylic oxidation sites excluding steroid dienone is 1. The Morgan fingerprint density at radius 3 is 2.03 bits per heavy atom. The van der Waals surface area contributed by atoms with Crippen LogP contribution >= 0.6 is 24.8 Å². The summed E-state index contributed by atoms with van der Waals surface area (Å²) in [7, 11) is 0. The molecule has 0 saturated heterocycles. The molecule has 0 amide bonds. The van der Waals surface area contributed by atoms with Crippen molar-refractivity contribution in [2.24, 2.45) is 0 Å². The van der Waals surface area contributed by atoms with Crippen LogP contribution in [0.15, 0.2) is 127 Å². The van der Waals surface area contributed by atoms with Gasteiger partial charge in [-0.3, -0.25) is 0 Å². The van der Waals surface area contributed by atoms with Crippen LogP contribution in [0.3, 0.4) is 0 Å². The molecule has 6 aromatic rings. The maximum Gasteiger partial charge on any atom is -0.0188 e. The van der Waals surface area contributed by atoms with Crippen molar-refractivity contribution in [1.82, 2.24) is 0 Å². The van der Waals surface area contributed by atoms with E-state index >= 15 is 0 Å². The number of hydrogen-bond acceptors (Lipinski definition) is 0. The van der Waals surface area contributed by atoms with E-state index in [2.05, 4.69) is 114 Å². The maximum absolute atomic E-state index is 4.59.